The van der Waals surface area contributed by atoms with Crippen molar-refractivity contribution in [2.24, 2.45) is 0 Å². The molecule has 1 heterocycles. The number of nitrogens with one attached hydrogen (secondary N) is 2. The van der Waals surface area contributed by atoms with E-state index >= 15 is 0 Å². The van der Waals surface area contributed by atoms with E-state index in [1.807, 2.05) is 6.92 Å². The number of anilines is 1. The Hall–Kier alpha value is -1.99. The number of esters is 1. The maximum atomic E-state index is 12.5. The van der Waals surface area contributed by atoms with E-state index in [-0.39, 0.29) is 24.8 Å². The van der Waals surface area contributed by atoms with Crippen LogP contribution >= 0.6 is 23.2 Å². The van der Waals surface area contributed by atoms with E-state index in [9.17, 15) is 14.4 Å². The Morgan fingerprint density at radius 2 is 2.12 bits per heavy atom. The first-order valence-corrected chi connectivity index (χ1v) is 9.09. The second-order valence-corrected chi connectivity index (χ2v) is 6.62. The van der Waals surface area contributed by atoms with Crippen LogP contribution in [0.1, 0.15) is 19.8 Å². The standard InChI is InChI=1S/C17H21Cl2N3O4/c1-2-7-26-16(24)9-14-17(25)20-5-6-22(14)15(23)10-21-11-3-4-12(18)13(19)8-11/h3-4,8,14,21H,2,5-7,9-10H2,1H3,(H,20,25). The zero-order valence-electron chi connectivity index (χ0n) is 14.4. The summed E-state index contributed by atoms with van der Waals surface area (Å²) in [6.45, 7) is 2.81. The molecule has 7 nitrogen and oxygen atoms in total. The van der Waals surface area contributed by atoms with Crippen molar-refractivity contribution in [3.05, 3.63) is 28.2 Å². The van der Waals surface area contributed by atoms with Gasteiger partial charge in [0.15, 0.2) is 0 Å². The molecule has 0 saturated carbocycles. The fourth-order valence-electron chi connectivity index (χ4n) is 2.53. The summed E-state index contributed by atoms with van der Waals surface area (Å²) in [7, 11) is 0. The summed E-state index contributed by atoms with van der Waals surface area (Å²) in [5.41, 5.74) is 0.633. The molecule has 1 unspecified atom stereocenters. The molecule has 1 aliphatic rings. The highest BCUT2D eigenvalue weighted by atomic mass is 35.5. The Morgan fingerprint density at radius 1 is 1.35 bits per heavy atom. The molecule has 1 saturated heterocycles. The number of piperazine rings is 1. The lowest BCUT2D eigenvalue weighted by Gasteiger charge is -2.34. The van der Waals surface area contributed by atoms with Gasteiger partial charge in [-0.3, -0.25) is 14.4 Å². The van der Waals surface area contributed by atoms with Gasteiger partial charge in [-0.25, -0.2) is 0 Å². The van der Waals surface area contributed by atoms with E-state index in [0.29, 0.717) is 41.8 Å². The quantitative estimate of drug-likeness (QED) is 0.682. The Balaban J connectivity index is 1.98. The fraction of sp³-hybridized carbons (Fsp3) is 0.471. The molecule has 2 rings (SSSR count). The van der Waals surface area contributed by atoms with Crippen molar-refractivity contribution in [3.8, 4) is 0 Å². The molecule has 2 amide bonds. The predicted octanol–water partition coefficient (Wildman–Crippen LogP) is 2.08. The summed E-state index contributed by atoms with van der Waals surface area (Å²) >= 11 is 11.8. The summed E-state index contributed by atoms with van der Waals surface area (Å²) in [6, 6.07) is 4.07. The maximum absolute atomic E-state index is 12.5. The van der Waals surface area contributed by atoms with Gasteiger partial charge >= 0.3 is 5.97 Å². The number of ether oxygens (including phenoxy) is 1. The number of rotatable bonds is 7. The van der Waals surface area contributed by atoms with Crippen LogP contribution in [0.15, 0.2) is 18.2 Å². The van der Waals surface area contributed by atoms with Gasteiger partial charge in [-0.15, -0.1) is 0 Å². The summed E-state index contributed by atoms with van der Waals surface area (Å²) in [6.07, 6.45) is 0.531. The van der Waals surface area contributed by atoms with Gasteiger partial charge in [-0.05, 0) is 24.6 Å². The van der Waals surface area contributed by atoms with E-state index in [1.165, 1.54) is 4.90 Å². The van der Waals surface area contributed by atoms with Crippen molar-refractivity contribution < 1.29 is 19.1 Å². The number of amides is 2. The molecule has 142 valence electrons. The van der Waals surface area contributed by atoms with E-state index in [0.717, 1.165) is 0 Å². The van der Waals surface area contributed by atoms with Gasteiger partial charge in [0, 0.05) is 18.8 Å². The molecule has 1 aromatic rings. The molecule has 0 aromatic heterocycles. The number of carbonyl (C=O) groups is 3. The SMILES string of the molecule is CCCOC(=O)CC1C(=O)NCCN1C(=O)CNc1ccc(Cl)c(Cl)c1. The molecule has 0 spiro atoms. The third kappa shape index (κ3) is 5.51. The second kappa shape index (κ2) is 9.64. The molecule has 1 aliphatic heterocycles. The summed E-state index contributed by atoms with van der Waals surface area (Å²) in [5.74, 6) is -1.14. The van der Waals surface area contributed by atoms with Crippen molar-refractivity contribution in [2.75, 3.05) is 31.6 Å². The van der Waals surface area contributed by atoms with Crippen LogP contribution in [0.25, 0.3) is 0 Å². The fourth-order valence-corrected chi connectivity index (χ4v) is 2.83. The van der Waals surface area contributed by atoms with Gasteiger partial charge in [0.25, 0.3) is 0 Å². The van der Waals surface area contributed by atoms with Gasteiger partial charge in [0.1, 0.15) is 6.04 Å². The largest absolute Gasteiger partial charge is 0.466 e. The van der Waals surface area contributed by atoms with E-state index in [1.54, 1.807) is 18.2 Å². The molecule has 9 heteroatoms. The van der Waals surface area contributed by atoms with Crippen LogP contribution in [0.3, 0.4) is 0 Å². The minimum absolute atomic E-state index is 0.0360. The number of benzene rings is 1. The summed E-state index contributed by atoms with van der Waals surface area (Å²) in [5, 5.41) is 6.41. The average molecular weight is 402 g/mol. The normalized spacial score (nSPS) is 16.8. The molecule has 0 radical (unpaired) electrons. The molecule has 1 fully saturated rings. The Bertz CT molecular complexity index is 684. The molecule has 0 bridgehead atoms. The van der Waals surface area contributed by atoms with Crippen LogP contribution < -0.4 is 10.6 Å². The van der Waals surface area contributed by atoms with E-state index in [4.69, 9.17) is 27.9 Å². The Kier molecular flexibility index (Phi) is 7.53. The molecule has 0 aliphatic carbocycles. The molecule has 1 atom stereocenters. The zero-order chi connectivity index (χ0) is 19.1. The highest BCUT2D eigenvalue weighted by molar-refractivity contribution is 6.42. The monoisotopic (exact) mass is 401 g/mol. The lowest BCUT2D eigenvalue weighted by Crippen LogP contribution is -2.58. The van der Waals surface area contributed by atoms with Crippen LogP contribution in [0, 0.1) is 0 Å². The first-order chi connectivity index (χ1) is 12.4. The van der Waals surface area contributed by atoms with E-state index in [2.05, 4.69) is 10.6 Å². The van der Waals surface area contributed by atoms with Crippen LogP contribution in [-0.2, 0) is 19.1 Å². The Morgan fingerprint density at radius 3 is 2.81 bits per heavy atom. The zero-order valence-corrected chi connectivity index (χ0v) is 15.9. The number of nitrogens with zero attached hydrogens (tertiary/aromatic N) is 1. The molecule has 2 N–H and O–H groups in total. The van der Waals surface area contributed by atoms with Gasteiger partial charge in [-0.1, -0.05) is 30.1 Å². The van der Waals surface area contributed by atoms with Crippen LogP contribution in [0.5, 0.6) is 0 Å². The highest BCUT2D eigenvalue weighted by Gasteiger charge is 2.34. The third-order valence-corrected chi connectivity index (χ3v) is 4.58. The van der Waals surface area contributed by atoms with Crippen molar-refractivity contribution >= 4 is 46.7 Å². The molecule has 1 aromatic carbocycles. The lowest BCUT2D eigenvalue weighted by atomic mass is 10.1. The number of carbonyl (C=O) groups excluding carboxylic acids is 3. The van der Waals surface area contributed by atoms with Gasteiger partial charge in [0.05, 0.1) is 29.6 Å². The minimum atomic E-state index is -0.865. The van der Waals surface area contributed by atoms with Gasteiger partial charge in [0.2, 0.25) is 11.8 Å². The number of hydrogen-bond acceptors (Lipinski definition) is 5. The highest BCUT2D eigenvalue weighted by Crippen LogP contribution is 2.25. The predicted molar refractivity (Wildman–Crippen MR) is 99.3 cm³/mol. The Labute approximate surface area is 162 Å². The van der Waals surface area contributed by atoms with Gasteiger partial charge in [-0.2, -0.15) is 0 Å². The van der Waals surface area contributed by atoms with Crippen molar-refractivity contribution in [3.63, 3.8) is 0 Å². The van der Waals surface area contributed by atoms with Crippen molar-refractivity contribution in [1.82, 2.24) is 10.2 Å². The van der Waals surface area contributed by atoms with Crippen molar-refractivity contribution in [1.29, 1.82) is 0 Å². The first-order valence-electron chi connectivity index (χ1n) is 8.34. The topological polar surface area (TPSA) is 87.7 Å². The maximum Gasteiger partial charge on any atom is 0.308 e. The van der Waals surface area contributed by atoms with Gasteiger partial charge < -0.3 is 20.3 Å². The minimum Gasteiger partial charge on any atom is -0.466 e. The summed E-state index contributed by atoms with van der Waals surface area (Å²) < 4.78 is 5.02. The van der Waals surface area contributed by atoms with Crippen molar-refractivity contribution in [2.45, 2.75) is 25.8 Å². The third-order valence-electron chi connectivity index (χ3n) is 3.84. The van der Waals surface area contributed by atoms with Crippen LogP contribution in [0.4, 0.5) is 5.69 Å². The average Bonchev–Trinajstić information content (AvgIpc) is 2.62. The second-order valence-electron chi connectivity index (χ2n) is 5.80. The van der Waals surface area contributed by atoms with E-state index < -0.39 is 12.0 Å². The van der Waals surface area contributed by atoms with Crippen LogP contribution in [-0.4, -0.2) is 55.0 Å². The molecular formula is C17H21Cl2N3O4. The summed E-state index contributed by atoms with van der Waals surface area (Å²) in [4.78, 5) is 37.9. The lowest BCUT2D eigenvalue weighted by molar-refractivity contribution is -0.151. The number of hydrogen-bond donors (Lipinski definition) is 2. The molecule has 26 heavy (non-hydrogen) atoms. The van der Waals surface area contributed by atoms with Crippen LogP contribution in [0.2, 0.25) is 10.0 Å². The molecular weight excluding hydrogens is 381 g/mol. The first kappa shape index (κ1) is 20.3. The number of halogens is 2. The smallest absolute Gasteiger partial charge is 0.308 e.